The van der Waals surface area contributed by atoms with Crippen molar-refractivity contribution in [3.05, 3.63) is 29.8 Å². The minimum Gasteiger partial charge on any atom is -0.480 e. The van der Waals surface area contributed by atoms with Crippen LogP contribution < -0.4 is 10.6 Å². The normalized spacial score (nSPS) is 18.9. The summed E-state index contributed by atoms with van der Waals surface area (Å²) in [6.45, 7) is 3.30. The molecule has 2 aliphatic rings. The van der Waals surface area contributed by atoms with Crippen molar-refractivity contribution in [2.45, 2.75) is 18.9 Å². The Kier molecular flexibility index (Phi) is 7.04. The summed E-state index contributed by atoms with van der Waals surface area (Å²) in [5, 5.41) is 16.3. The van der Waals surface area contributed by atoms with Crippen LogP contribution in [0.4, 0.5) is 5.69 Å². The molecule has 1 aromatic rings. The summed E-state index contributed by atoms with van der Waals surface area (Å²) in [5.41, 5.74) is 7.11. The van der Waals surface area contributed by atoms with Crippen molar-refractivity contribution in [2.75, 3.05) is 44.2 Å². The summed E-state index contributed by atoms with van der Waals surface area (Å²) in [5.74, 6) is -0.654. The van der Waals surface area contributed by atoms with E-state index in [2.05, 4.69) is 0 Å². The molecule has 1 amide bonds. The molecular weight excluding hydrogens is 370 g/mol. The zero-order valence-electron chi connectivity index (χ0n) is 15.1. The van der Waals surface area contributed by atoms with Crippen LogP contribution in [0.15, 0.2) is 24.3 Å². The lowest BCUT2D eigenvalue weighted by atomic mass is 10.0. The van der Waals surface area contributed by atoms with Gasteiger partial charge in [0, 0.05) is 43.5 Å². The van der Waals surface area contributed by atoms with E-state index in [1.54, 1.807) is 12.1 Å². The molecule has 2 fully saturated rings. The number of nitrogens with zero attached hydrogens (tertiary/aromatic N) is 3. The SMILES string of the molecule is Cl.N=C(N)c1ccc(N2CCN(C3CCN(CC(=O)O)CC3)C(=O)C2)cc1. The van der Waals surface area contributed by atoms with Gasteiger partial charge < -0.3 is 20.6 Å². The molecule has 148 valence electrons. The number of amides is 1. The molecule has 0 atom stereocenters. The average Bonchev–Trinajstić information content (AvgIpc) is 2.62. The molecule has 0 aromatic heterocycles. The number of carbonyl (C=O) groups is 2. The number of nitrogen functional groups attached to an aromatic ring is 1. The molecule has 1 aromatic carbocycles. The Morgan fingerprint density at radius 2 is 1.78 bits per heavy atom. The number of carbonyl (C=O) groups excluding carboxylic acids is 1. The third-order valence-corrected chi connectivity index (χ3v) is 5.16. The number of anilines is 1. The summed E-state index contributed by atoms with van der Waals surface area (Å²) in [4.78, 5) is 29.4. The Labute approximate surface area is 164 Å². The third-order valence-electron chi connectivity index (χ3n) is 5.16. The van der Waals surface area contributed by atoms with E-state index < -0.39 is 5.97 Å². The van der Waals surface area contributed by atoms with Gasteiger partial charge in [-0.3, -0.25) is 19.9 Å². The molecule has 4 N–H and O–H groups in total. The number of nitrogens with one attached hydrogen (secondary N) is 1. The molecule has 2 saturated heterocycles. The predicted octanol–water partition coefficient (Wildman–Crippen LogP) is 0.590. The number of hydrogen-bond donors (Lipinski definition) is 3. The minimum atomic E-state index is -0.802. The van der Waals surface area contributed by atoms with E-state index in [0.29, 0.717) is 18.7 Å². The lowest BCUT2D eigenvalue weighted by Crippen LogP contribution is -2.56. The van der Waals surface area contributed by atoms with Gasteiger partial charge in [-0.2, -0.15) is 0 Å². The van der Waals surface area contributed by atoms with Crippen molar-refractivity contribution >= 4 is 35.8 Å². The Bertz CT molecular complexity index is 689. The molecule has 2 heterocycles. The van der Waals surface area contributed by atoms with Gasteiger partial charge in [-0.25, -0.2) is 0 Å². The number of carboxylic acid groups (broad SMARTS) is 1. The monoisotopic (exact) mass is 395 g/mol. The fourth-order valence-corrected chi connectivity index (χ4v) is 3.73. The van der Waals surface area contributed by atoms with E-state index in [1.807, 2.05) is 26.8 Å². The molecule has 9 heteroatoms. The van der Waals surface area contributed by atoms with E-state index in [9.17, 15) is 9.59 Å². The number of carboxylic acids is 1. The molecule has 3 rings (SSSR count). The van der Waals surface area contributed by atoms with Gasteiger partial charge in [0.25, 0.3) is 0 Å². The second kappa shape index (κ2) is 9.05. The second-order valence-corrected chi connectivity index (χ2v) is 6.87. The average molecular weight is 396 g/mol. The van der Waals surface area contributed by atoms with Crippen LogP contribution in [0.5, 0.6) is 0 Å². The lowest BCUT2D eigenvalue weighted by molar-refractivity contribution is -0.140. The van der Waals surface area contributed by atoms with Crippen molar-refractivity contribution in [2.24, 2.45) is 5.73 Å². The van der Waals surface area contributed by atoms with Gasteiger partial charge in [0.15, 0.2) is 0 Å². The predicted molar refractivity (Wildman–Crippen MR) is 106 cm³/mol. The van der Waals surface area contributed by atoms with Crippen molar-refractivity contribution < 1.29 is 14.7 Å². The van der Waals surface area contributed by atoms with Gasteiger partial charge in [0.2, 0.25) is 5.91 Å². The molecular formula is C18H26ClN5O3. The number of piperidine rings is 1. The first-order valence-electron chi connectivity index (χ1n) is 8.87. The van der Waals surface area contributed by atoms with Crippen LogP contribution in [-0.2, 0) is 9.59 Å². The van der Waals surface area contributed by atoms with Gasteiger partial charge in [-0.1, -0.05) is 0 Å². The summed E-state index contributed by atoms with van der Waals surface area (Å²) in [7, 11) is 0. The summed E-state index contributed by atoms with van der Waals surface area (Å²) in [6.07, 6.45) is 1.65. The van der Waals surface area contributed by atoms with Crippen LogP contribution in [0.3, 0.4) is 0 Å². The first-order chi connectivity index (χ1) is 12.4. The van der Waals surface area contributed by atoms with E-state index in [4.69, 9.17) is 16.2 Å². The van der Waals surface area contributed by atoms with Crippen molar-refractivity contribution in [3.63, 3.8) is 0 Å². The van der Waals surface area contributed by atoms with Gasteiger partial charge >= 0.3 is 5.97 Å². The highest BCUT2D eigenvalue weighted by atomic mass is 35.5. The van der Waals surface area contributed by atoms with E-state index >= 15 is 0 Å². The van der Waals surface area contributed by atoms with Crippen molar-refractivity contribution in [1.82, 2.24) is 9.80 Å². The third kappa shape index (κ3) is 5.11. The number of aliphatic carboxylic acids is 1. The maximum absolute atomic E-state index is 12.6. The largest absolute Gasteiger partial charge is 0.480 e. The molecule has 0 unspecified atom stereocenters. The van der Waals surface area contributed by atoms with Gasteiger partial charge in [-0.05, 0) is 37.1 Å². The molecule has 0 saturated carbocycles. The fourth-order valence-electron chi connectivity index (χ4n) is 3.73. The zero-order chi connectivity index (χ0) is 18.7. The fraction of sp³-hybridized carbons (Fsp3) is 0.500. The highest BCUT2D eigenvalue weighted by molar-refractivity contribution is 5.95. The second-order valence-electron chi connectivity index (χ2n) is 6.87. The summed E-state index contributed by atoms with van der Waals surface area (Å²) in [6, 6.07) is 7.59. The quantitative estimate of drug-likeness (QED) is 0.496. The summed E-state index contributed by atoms with van der Waals surface area (Å²) < 4.78 is 0. The molecule has 2 aliphatic heterocycles. The van der Waals surface area contributed by atoms with Crippen LogP contribution in [0.1, 0.15) is 18.4 Å². The highest BCUT2D eigenvalue weighted by Crippen LogP contribution is 2.22. The topological polar surface area (TPSA) is 114 Å². The Morgan fingerprint density at radius 3 is 2.30 bits per heavy atom. The number of halogens is 1. The van der Waals surface area contributed by atoms with Crippen LogP contribution in [0.25, 0.3) is 0 Å². The van der Waals surface area contributed by atoms with Crippen LogP contribution in [0, 0.1) is 5.41 Å². The molecule has 8 nitrogen and oxygen atoms in total. The number of piperazine rings is 1. The first kappa shape index (κ1) is 21.0. The first-order valence-corrected chi connectivity index (χ1v) is 8.87. The Balaban J connectivity index is 0.00000261. The van der Waals surface area contributed by atoms with E-state index in [0.717, 1.165) is 38.2 Å². The van der Waals surface area contributed by atoms with E-state index in [-0.39, 0.29) is 36.7 Å². The number of rotatable bonds is 5. The maximum atomic E-state index is 12.6. The molecule has 27 heavy (non-hydrogen) atoms. The highest BCUT2D eigenvalue weighted by Gasteiger charge is 2.32. The van der Waals surface area contributed by atoms with E-state index in [1.165, 1.54) is 0 Å². The Morgan fingerprint density at radius 1 is 1.15 bits per heavy atom. The van der Waals surface area contributed by atoms with Crippen molar-refractivity contribution in [3.8, 4) is 0 Å². The van der Waals surface area contributed by atoms with Crippen LogP contribution >= 0.6 is 12.4 Å². The lowest BCUT2D eigenvalue weighted by Gasteiger charge is -2.43. The molecule has 0 spiro atoms. The number of amidine groups is 1. The maximum Gasteiger partial charge on any atom is 0.317 e. The zero-order valence-corrected chi connectivity index (χ0v) is 16.0. The Hall–Kier alpha value is -2.32. The number of benzene rings is 1. The standard InChI is InChI=1S/C18H25N5O3.ClH/c19-18(20)13-1-3-14(4-2-13)22-9-10-23(16(24)11-22)15-5-7-21(8-6-15)12-17(25)26;/h1-4,15H,5-12H2,(H3,19,20)(H,25,26);1H. The smallest absolute Gasteiger partial charge is 0.317 e. The number of hydrogen-bond acceptors (Lipinski definition) is 5. The van der Waals surface area contributed by atoms with Crippen molar-refractivity contribution in [1.29, 1.82) is 5.41 Å². The van der Waals surface area contributed by atoms with Crippen LogP contribution in [0.2, 0.25) is 0 Å². The van der Waals surface area contributed by atoms with Gasteiger partial charge in [0.05, 0.1) is 13.1 Å². The van der Waals surface area contributed by atoms with Crippen LogP contribution in [-0.4, -0.2) is 77.9 Å². The van der Waals surface area contributed by atoms with Gasteiger partial charge in [0.1, 0.15) is 5.84 Å². The number of likely N-dealkylation sites (tertiary alicyclic amines) is 1. The minimum absolute atomic E-state index is 0. The summed E-state index contributed by atoms with van der Waals surface area (Å²) >= 11 is 0. The molecule has 0 bridgehead atoms. The molecule has 0 radical (unpaired) electrons. The number of nitrogens with two attached hydrogens (primary N) is 1. The van der Waals surface area contributed by atoms with Gasteiger partial charge in [-0.15, -0.1) is 12.4 Å². The molecule has 0 aliphatic carbocycles.